The number of para-hydroxylation sites is 1. The number of hydrogen-bond donors (Lipinski definition) is 2. The van der Waals surface area contributed by atoms with Crippen LogP contribution in [0.2, 0.25) is 0 Å². The second-order valence-electron chi connectivity index (χ2n) is 5.93. The molecule has 4 heteroatoms. The SMILES string of the molecule is N#Cc1ccc(N/C(=C2\C(=O)Nc3ccccc32)c2ccccc2)cc1. The molecule has 1 aliphatic heterocycles. The molecule has 0 saturated carbocycles. The number of fused-ring (bicyclic) bond motifs is 1. The van der Waals surface area contributed by atoms with Crippen molar-refractivity contribution in [2.24, 2.45) is 0 Å². The van der Waals surface area contributed by atoms with Gasteiger partial charge in [0.2, 0.25) is 0 Å². The molecule has 0 spiro atoms. The largest absolute Gasteiger partial charge is 0.354 e. The molecule has 0 saturated heterocycles. The Morgan fingerprint density at radius 1 is 0.885 bits per heavy atom. The van der Waals surface area contributed by atoms with Gasteiger partial charge in [-0.15, -0.1) is 0 Å². The molecule has 0 unspecified atom stereocenters. The van der Waals surface area contributed by atoms with Crippen molar-refractivity contribution in [2.75, 3.05) is 10.6 Å². The van der Waals surface area contributed by atoms with Crippen LogP contribution in [0.25, 0.3) is 11.3 Å². The smallest absolute Gasteiger partial charge is 0.258 e. The number of anilines is 2. The highest BCUT2D eigenvalue weighted by atomic mass is 16.2. The van der Waals surface area contributed by atoms with Crippen molar-refractivity contribution in [3.63, 3.8) is 0 Å². The number of nitrogens with zero attached hydrogens (tertiary/aromatic N) is 1. The summed E-state index contributed by atoms with van der Waals surface area (Å²) in [5, 5.41) is 15.3. The normalized spacial score (nSPS) is 14.2. The Bertz CT molecular complexity index is 1040. The summed E-state index contributed by atoms with van der Waals surface area (Å²) in [4.78, 5) is 12.7. The minimum Gasteiger partial charge on any atom is -0.354 e. The van der Waals surface area contributed by atoms with Gasteiger partial charge in [0, 0.05) is 16.9 Å². The van der Waals surface area contributed by atoms with Crippen molar-refractivity contribution in [3.8, 4) is 6.07 Å². The van der Waals surface area contributed by atoms with E-state index in [2.05, 4.69) is 16.7 Å². The summed E-state index contributed by atoms with van der Waals surface area (Å²) in [7, 11) is 0. The summed E-state index contributed by atoms with van der Waals surface area (Å²) in [6, 6.07) is 26.7. The minimum absolute atomic E-state index is 0.133. The van der Waals surface area contributed by atoms with Crippen molar-refractivity contribution < 1.29 is 4.79 Å². The van der Waals surface area contributed by atoms with Crippen LogP contribution in [0.4, 0.5) is 11.4 Å². The molecule has 0 radical (unpaired) electrons. The van der Waals surface area contributed by atoms with Gasteiger partial charge in [-0.1, -0.05) is 48.5 Å². The van der Waals surface area contributed by atoms with Crippen LogP contribution in [-0.4, -0.2) is 5.91 Å². The number of hydrogen-bond acceptors (Lipinski definition) is 3. The molecular weight excluding hydrogens is 322 g/mol. The molecule has 2 N–H and O–H groups in total. The van der Waals surface area contributed by atoms with Crippen molar-refractivity contribution in [2.45, 2.75) is 0 Å². The Morgan fingerprint density at radius 3 is 2.31 bits per heavy atom. The van der Waals surface area contributed by atoms with Gasteiger partial charge in [0.25, 0.3) is 5.91 Å². The molecule has 26 heavy (non-hydrogen) atoms. The highest BCUT2D eigenvalue weighted by Gasteiger charge is 2.27. The molecule has 3 aromatic rings. The maximum Gasteiger partial charge on any atom is 0.258 e. The Morgan fingerprint density at radius 2 is 1.58 bits per heavy atom. The average Bonchev–Trinajstić information content (AvgIpc) is 3.03. The van der Waals surface area contributed by atoms with E-state index in [1.54, 1.807) is 12.1 Å². The highest BCUT2D eigenvalue weighted by molar-refractivity contribution is 6.37. The first-order chi connectivity index (χ1) is 12.8. The standard InChI is InChI=1S/C22H15N3O/c23-14-15-10-12-17(13-11-15)24-21(16-6-2-1-3-7-16)20-18-8-4-5-9-19(18)25-22(20)26/h1-13,24H,(H,25,26)/b21-20-. The Labute approximate surface area is 151 Å². The maximum absolute atomic E-state index is 12.7. The van der Waals surface area contributed by atoms with Gasteiger partial charge in [0.1, 0.15) is 0 Å². The van der Waals surface area contributed by atoms with Gasteiger partial charge < -0.3 is 10.6 Å². The van der Waals surface area contributed by atoms with Crippen LogP contribution in [0.5, 0.6) is 0 Å². The number of nitrogens with one attached hydrogen (secondary N) is 2. The molecule has 4 rings (SSSR count). The van der Waals surface area contributed by atoms with E-state index >= 15 is 0 Å². The van der Waals surface area contributed by atoms with Crippen LogP contribution in [0.1, 0.15) is 16.7 Å². The molecule has 0 aromatic heterocycles. The monoisotopic (exact) mass is 337 g/mol. The van der Waals surface area contributed by atoms with E-state index in [0.717, 1.165) is 28.2 Å². The summed E-state index contributed by atoms with van der Waals surface area (Å²) < 4.78 is 0. The van der Waals surface area contributed by atoms with E-state index in [4.69, 9.17) is 5.26 Å². The number of benzene rings is 3. The predicted octanol–water partition coefficient (Wildman–Crippen LogP) is 4.49. The first-order valence-corrected chi connectivity index (χ1v) is 8.24. The number of carbonyl (C=O) groups is 1. The molecule has 4 nitrogen and oxygen atoms in total. The molecule has 3 aromatic carbocycles. The predicted molar refractivity (Wildman–Crippen MR) is 103 cm³/mol. The topological polar surface area (TPSA) is 64.9 Å². The Hall–Kier alpha value is -3.84. The van der Waals surface area contributed by atoms with Gasteiger partial charge >= 0.3 is 0 Å². The quantitative estimate of drug-likeness (QED) is 0.692. The lowest BCUT2D eigenvalue weighted by atomic mass is 10.00. The third-order valence-electron chi connectivity index (χ3n) is 4.27. The second kappa shape index (κ2) is 6.58. The highest BCUT2D eigenvalue weighted by Crippen LogP contribution is 2.37. The summed E-state index contributed by atoms with van der Waals surface area (Å²) in [5.74, 6) is -0.133. The van der Waals surface area contributed by atoms with Gasteiger partial charge in [0.05, 0.1) is 22.9 Å². The van der Waals surface area contributed by atoms with Gasteiger partial charge in [-0.05, 0) is 35.9 Å². The maximum atomic E-state index is 12.7. The lowest BCUT2D eigenvalue weighted by Gasteiger charge is -2.14. The lowest BCUT2D eigenvalue weighted by Crippen LogP contribution is -2.10. The first-order valence-electron chi connectivity index (χ1n) is 8.24. The van der Waals surface area contributed by atoms with Crippen LogP contribution in [-0.2, 0) is 4.79 Å². The number of carbonyl (C=O) groups excluding carboxylic acids is 1. The zero-order valence-corrected chi connectivity index (χ0v) is 13.9. The van der Waals surface area contributed by atoms with E-state index in [-0.39, 0.29) is 5.91 Å². The van der Waals surface area contributed by atoms with Gasteiger partial charge in [-0.2, -0.15) is 5.26 Å². The van der Waals surface area contributed by atoms with E-state index in [1.807, 2.05) is 66.7 Å². The van der Waals surface area contributed by atoms with E-state index in [0.29, 0.717) is 11.1 Å². The summed E-state index contributed by atoms with van der Waals surface area (Å²) >= 11 is 0. The van der Waals surface area contributed by atoms with Gasteiger partial charge in [-0.25, -0.2) is 0 Å². The number of nitriles is 1. The molecule has 124 valence electrons. The third kappa shape index (κ3) is 2.83. The molecule has 1 heterocycles. The number of rotatable bonds is 3. The summed E-state index contributed by atoms with van der Waals surface area (Å²) in [6.07, 6.45) is 0. The van der Waals surface area contributed by atoms with Crippen molar-refractivity contribution >= 4 is 28.6 Å². The van der Waals surface area contributed by atoms with E-state index in [1.165, 1.54) is 0 Å². The van der Waals surface area contributed by atoms with Crippen LogP contribution < -0.4 is 10.6 Å². The van der Waals surface area contributed by atoms with E-state index < -0.39 is 0 Å². The fourth-order valence-electron chi connectivity index (χ4n) is 3.02. The van der Waals surface area contributed by atoms with Crippen molar-refractivity contribution in [1.82, 2.24) is 0 Å². The van der Waals surface area contributed by atoms with Crippen molar-refractivity contribution in [1.29, 1.82) is 5.26 Å². The fraction of sp³-hybridized carbons (Fsp3) is 0. The summed E-state index contributed by atoms with van der Waals surface area (Å²) in [6.45, 7) is 0. The lowest BCUT2D eigenvalue weighted by molar-refractivity contribution is -0.110. The molecule has 0 aliphatic carbocycles. The molecule has 0 bridgehead atoms. The molecule has 0 fully saturated rings. The zero-order valence-electron chi connectivity index (χ0n) is 13.9. The van der Waals surface area contributed by atoms with Crippen LogP contribution >= 0.6 is 0 Å². The summed E-state index contributed by atoms with van der Waals surface area (Å²) in [5.41, 5.74) is 5.34. The number of amides is 1. The molecule has 1 amide bonds. The van der Waals surface area contributed by atoms with Crippen LogP contribution in [0.15, 0.2) is 78.9 Å². The third-order valence-corrected chi connectivity index (χ3v) is 4.27. The van der Waals surface area contributed by atoms with Crippen LogP contribution in [0.3, 0.4) is 0 Å². The molecule has 1 aliphatic rings. The van der Waals surface area contributed by atoms with Gasteiger partial charge in [0.15, 0.2) is 0 Å². The Kier molecular flexibility index (Phi) is 3.97. The average molecular weight is 337 g/mol. The molecule has 0 atom stereocenters. The molecular formula is C22H15N3O. The van der Waals surface area contributed by atoms with Crippen LogP contribution in [0, 0.1) is 11.3 Å². The Balaban J connectivity index is 1.87. The van der Waals surface area contributed by atoms with Gasteiger partial charge in [-0.3, -0.25) is 4.79 Å². The van der Waals surface area contributed by atoms with E-state index in [9.17, 15) is 4.79 Å². The fourth-order valence-corrected chi connectivity index (χ4v) is 3.02. The zero-order chi connectivity index (χ0) is 17.9. The first kappa shape index (κ1) is 15.7. The minimum atomic E-state index is -0.133. The van der Waals surface area contributed by atoms with Crippen molar-refractivity contribution in [3.05, 3.63) is 95.6 Å². The second-order valence-corrected chi connectivity index (χ2v) is 5.93.